The summed E-state index contributed by atoms with van der Waals surface area (Å²) in [7, 11) is 0. The monoisotopic (exact) mass is 503 g/mol. The Morgan fingerprint density at radius 3 is 2.24 bits per heavy atom. The van der Waals surface area contributed by atoms with Gasteiger partial charge in [0, 0.05) is 27.9 Å². The number of hydrogen-bond acceptors (Lipinski definition) is 5. The van der Waals surface area contributed by atoms with Crippen LogP contribution in [0.25, 0.3) is 0 Å². The molecule has 0 aliphatic rings. The number of carbonyl (C=O) groups excluding carboxylic acids is 2. The van der Waals surface area contributed by atoms with E-state index in [4.69, 9.17) is 44.3 Å². The zero-order valence-electron chi connectivity index (χ0n) is 18.1. The summed E-state index contributed by atoms with van der Waals surface area (Å²) in [5.74, 6) is -1.54. The number of halogens is 3. The Morgan fingerprint density at radius 1 is 0.909 bits per heavy atom. The first kappa shape index (κ1) is 24.8. The second kappa shape index (κ2) is 10.8. The largest absolute Gasteiger partial charge is 0.422 e. The first-order valence-corrected chi connectivity index (χ1v) is 11.1. The van der Waals surface area contributed by atoms with E-state index in [0.717, 1.165) is 5.56 Å². The molecule has 0 heterocycles. The molecule has 3 aromatic rings. The molecule has 0 spiro atoms. The summed E-state index contributed by atoms with van der Waals surface area (Å²) in [4.78, 5) is 29.4. The number of rotatable bonds is 6. The van der Waals surface area contributed by atoms with Gasteiger partial charge in [0.25, 0.3) is 0 Å². The second-order valence-corrected chi connectivity index (χ2v) is 8.79. The van der Waals surface area contributed by atoms with Crippen LogP contribution in [0, 0.1) is 12.8 Å². The maximum atomic E-state index is 12.7. The highest BCUT2D eigenvalue weighted by Crippen LogP contribution is 2.36. The molecular weight excluding hydrogens is 485 g/mol. The molecule has 3 aromatic carbocycles. The molecule has 170 valence electrons. The van der Waals surface area contributed by atoms with Gasteiger partial charge in [0.05, 0.1) is 22.2 Å². The molecule has 0 aromatic heterocycles. The Labute approximate surface area is 206 Å². The van der Waals surface area contributed by atoms with Gasteiger partial charge >= 0.3 is 11.9 Å². The van der Waals surface area contributed by atoms with Gasteiger partial charge in [-0.15, -0.1) is 0 Å². The van der Waals surface area contributed by atoms with Gasteiger partial charge < -0.3 is 9.47 Å². The molecule has 33 heavy (non-hydrogen) atoms. The van der Waals surface area contributed by atoms with Crippen LogP contribution < -0.4 is 9.47 Å². The van der Waals surface area contributed by atoms with Crippen LogP contribution in [0.1, 0.15) is 35.3 Å². The van der Waals surface area contributed by atoms with Gasteiger partial charge in [-0.05, 0) is 43.3 Å². The fourth-order valence-electron chi connectivity index (χ4n) is 2.66. The van der Waals surface area contributed by atoms with Crippen LogP contribution in [0.4, 0.5) is 5.69 Å². The summed E-state index contributed by atoms with van der Waals surface area (Å²) in [5.41, 5.74) is 2.11. The average Bonchev–Trinajstić information content (AvgIpc) is 2.75. The topological polar surface area (TPSA) is 65.0 Å². The third-order valence-electron chi connectivity index (χ3n) is 4.46. The molecule has 8 heteroatoms. The average molecular weight is 505 g/mol. The van der Waals surface area contributed by atoms with E-state index in [1.807, 2.05) is 6.92 Å². The molecule has 0 unspecified atom stereocenters. The zero-order valence-corrected chi connectivity index (χ0v) is 20.3. The van der Waals surface area contributed by atoms with E-state index in [1.165, 1.54) is 12.3 Å². The smallest absolute Gasteiger partial charge is 0.343 e. The maximum Gasteiger partial charge on any atom is 0.343 e. The number of carbonyl (C=O) groups is 2. The van der Waals surface area contributed by atoms with Crippen LogP contribution >= 0.6 is 34.8 Å². The van der Waals surface area contributed by atoms with Crippen LogP contribution in [0.2, 0.25) is 15.1 Å². The van der Waals surface area contributed by atoms with Crippen molar-refractivity contribution < 1.29 is 19.1 Å². The summed E-state index contributed by atoms with van der Waals surface area (Å²) in [6.07, 6.45) is 1.42. The van der Waals surface area contributed by atoms with Gasteiger partial charge in [-0.2, -0.15) is 0 Å². The molecule has 0 radical (unpaired) electrons. The maximum absolute atomic E-state index is 12.7. The Hall–Kier alpha value is -2.86. The third-order valence-corrected chi connectivity index (χ3v) is 5.22. The van der Waals surface area contributed by atoms with E-state index < -0.39 is 17.9 Å². The molecule has 0 amide bonds. The van der Waals surface area contributed by atoms with Crippen molar-refractivity contribution in [2.45, 2.75) is 20.8 Å². The molecule has 0 aliphatic heterocycles. The van der Waals surface area contributed by atoms with Gasteiger partial charge in [0.2, 0.25) is 0 Å². The quantitative estimate of drug-likeness (QED) is 0.198. The number of nitrogens with zero attached hydrogens (tertiary/aromatic N) is 1. The molecule has 0 aliphatic carbocycles. The predicted octanol–water partition coefficient (Wildman–Crippen LogP) is 7.49. The summed E-state index contributed by atoms with van der Waals surface area (Å²) in [6, 6.07) is 14.7. The van der Waals surface area contributed by atoms with Crippen LogP contribution in [-0.2, 0) is 4.79 Å². The van der Waals surface area contributed by atoms with Gasteiger partial charge in [0.15, 0.2) is 11.5 Å². The number of esters is 2. The minimum absolute atomic E-state index is 0.00859. The third kappa shape index (κ3) is 6.57. The van der Waals surface area contributed by atoms with Crippen LogP contribution in [0.3, 0.4) is 0 Å². The van der Waals surface area contributed by atoms with Crippen LogP contribution in [0.15, 0.2) is 59.6 Å². The van der Waals surface area contributed by atoms with Gasteiger partial charge in [0.1, 0.15) is 0 Å². The van der Waals surface area contributed by atoms with Crippen LogP contribution in [0.5, 0.6) is 11.5 Å². The number of hydrogen-bond donors (Lipinski definition) is 0. The van der Waals surface area contributed by atoms with Crippen molar-refractivity contribution in [2.24, 2.45) is 10.9 Å². The molecule has 0 N–H and O–H groups in total. The van der Waals surface area contributed by atoms with Gasteiger partial charge in [-0.1, -0.05) is 66.3 Å². The lowest BCUT2D eigenvalue weighted by Crippen LogP contribution is -2.17. The molecular formula is C25H20Cl3NO4. The summed E-state index contributed by atoms with van der Waals surface area (Å²) >= 11 is 18.4. The minimum atomic E-state index is -0.622. The van der Waals surface area contributed by atoms with E-state index in [0.29, 0.717) is 26.9 Å². The van der Waals surface area contributed by atoms with Crippen molar-refractivity contribution in [1.29, 1.82) is 0 Å². The SMILES string of the molecule is Cc1ccc(C(=O)Oc2cc(Cl)cc(C=Nc3ccc(Cl)cc3Cl)c2OC(=O)C(C)C)cc1. The molecule has 3 rings (SSSR count). The number of aliphatic imine (C=N–C) groups is 1. The highest BCUT2D eigenvalue weighted by Gasteiger charge is 2.21. The second-order valence-electron chi connectivity index (χ2n) is 7.51. The highest BCUT2D eigenvalue weighted by atomic mass is 35.5. The van der Waals surface area contributed by atoms with Crippen molar-refractivity contribution in [3.8, 4) is 11.5 Å². The number of benzene rings is 3. The van der Waals surface area contributed by atoms with Crippen molar-refractivity contribution >= 4 is 58.6 Å². The van der Waals surface area contributed by atoms with E-state index in [1.54, 1.807) is 62.4 Å². The van der Waals surface area contributed by atoms with Gasteiger partial charge in [-0.3, -0.25) is 9.79 Å². The van der Waals surface area contributed by atoms with Crippen molar-refractivity contribution in [2.75, 3.05) is 0 Å². The minimum Gasteiger partial charge on any atom is -0.422 e. The normalized spacial score (nSPS) is 11.1. The fourth-order valence-corrected chi connectivity index (χ4v) is 3.34. The Balaban J connectivity index is 2.03. The number of ether oxygens (including phenoxy) is 2. The Bertz CT molecular complexity index is 1220. The molecule has 0 fully saturated rings. The lowest BCUT2D eigenvalue weighted by molar-refractivity contribution is -0.137. The molecule has 0 saturated heterocycles. The van der Waals surface area contributed by atoms with Crippen molar-refractivity contribution in [1.82, 2.24) is 0 Å². The molecule has 5 nitrogen and oxygen atoms in total. The Kier molecular flexibility index (Phi) is 8.14. The summed E-state index contributed by atoms with van der Waals surface area (Å²) in [6.45, 7) is 5.29. The zero-order chi connectivity index (χ0) is 24.1. The lowest BCUT2D eigenvalue weighted by atomic mass is 10.1. The van der Waals surface area contributed by atoms with E-state index >= 15 is 0 Å². The summed E-state index contributed by atoms with van der Waals surface area (Å²) in [5, 5.41) is 1.07. The standard InChI is InChI=1S/C25H20Cl3NO4/c1-14(2)24(30)33-23-17(13-29-21-9-8-18(26)11-20(21)28)10-19(27)12-22(23)32-25(31)16-6-4-15(3)5-7-16/h4-14H,1-3H3. The van der Waals surface area contributed by atoms with Gasteiger partial charge in [-0.25, -0.2) is 4.79 Å². The van der Waals surface area contributed by atoms with Crippen LogP contribution in [-0.4, -0.2) is 18.2 Å². The van der Waals surface area contributed by atoms with E-state index in [2.05, 4.69) is 4.99 Å². The van der Waals surface area contributed by atoms with Crippen molar-refractivity contribution in [3.05, 3.63) is 86.4 Å². The fraction of sp³-hybridized carbons (Fsp3) is 0.160. The first-order valence-electron chi connectivity index (χ1n) is 9.97. The molecule has 0 saturated carbocycles. The number of aryl methyl sites for hydroxylation is 1. The van der Waals surface area contributed by atoms with E-state index in [-0.39, 0.29) is 16.5 Å². The lowest BCUT2D eigenvalue weighted by Gasteiger charge is -2.15. The van der Waals surface area contributed by atoms with E-state index in [9.17, 15) is 9.59 Å². The molecule has 0 atom stereocenters. The summed E-state index contributed by atoms with van der Waals surface area (Å²) < 4.78 is 11.1. The highest BCUT2D eigenvalue weighted by molar-refractivity contribution is 6.36. The predicted molar refractivity (Wildman–Crippen MR) is 132 cm³/mol. The first-order chi connectivity index (χ1) is 15.6. The molecule has 0 bridgehead atoms. The van der Waals surface area contributed by atoms with Crippen molar-refractivity contribution in [3.63, 3.8) is 0 Å². The Morgan fingerprint density at radius 2 is 1.61 bits per heavy atom.